The third-order valence-electron chi connectivity index (χ3n) is 3.61. The van der Waals surface area contributed by atoms with E-state index in [1.807, 2.05) is 48.5 Å². The van der Waals surface area contributed by atoms with Crippen LogP contribution in [-0.2, 0) is 19.7 Å². The fourth-order valence-corrected chi connectivity index (χ4v) is 2.44. The summed E-state index contributed by atoms with van der Waals surface area (Å²) in [6.45, 7) is 2.22. The van der Waals surface area contributed by atoms with E-state index in [1.165, 1.54) is 0 Å². The van der Waals surface area contributed by atoms with E-state index in [4.69, 9.17) is 9.84 Å². The molecule has 0 heterocycles. The molecule has 2 aromatic carbocycles. The molecule has 2 N–H and O–H groups in total. The molecule has 0 aliphatic carbocycles. The van der Waals surface area contributed by atoms with Crippen LogP contribution in [0, 0.1) is 0 Å². The summed E-state index contributed by atoms with van der Waals surface area (Å²) in [6, 6.07) is 15.8. The summed E-state index contributed by atoms with van der Waals surface area (Å²) in [4.78, 5) is 2.17. The average Bonchev–Trinajstić information content (AvgIpc) is 2.56. The number of aliphatic hydroxyl groups excluding tert-OH is 2. The largest absolute Gasteiger partial charge is 0.496 e. The van der Waals surface area contributed by atoms with Crippen molar-refractivity contribution < 1.29 is 14.9 Å². The molecule has 2 aromatic rings. The van der Waals surface area contributed by atoms with E-state index >= 15 is 0 Å². The molecule has 4 heteroatoms. The Hall–Kier alpha value is -1.88. The van der Waals surface area contributed by atoms with Crippen LogP contribution in [0.2, 0.25) is 0 Å². The van der Waals surface area contributed by atoms with Crippen molar-refractivity contribution in [1.29, 1.82) is 0 Å². The molecule has 0 radical (unpaired) electrons. The number of hydrogen-bond donors (Lipinski definition) is 2. The van der Waals surface area contributed by atoms with Gasteiger partial charge in [0.2, 0.25) is 0 Å². The predicted molar refractivity (Wildman–Crippen MR) is 86.6 cm³/mol. The maximum absolute atomic E-state index is 9.30. The Balaban J connectivity index is 2.08. The third-order valence-corrected chi connectivity index (χ3v) is 3.61. The van der Waals surface area contributed by atoms with Crippen molar-refractivity contribution in [2.45, 2.75) is 19.7 Å². The van der Waals surface area contributed by atoms with Crippen molar-refractivity contribution in [1.82, 2.24) is 4.90 Å². The number of para-hydroxylation sites is 1. The lowest BCUT2D eigenvalue weighted by atomic mass is 10.1. The number of ether oxygens (including phenoxy) is 1. The summed E-state index contributed by atoms with van der Waals surface area (Å²) in [5.41, 5.74) is 3.16. The highest BCUT2D eigenvalue weighted by molar-refractivity contribution is 5.33. The Bertz CT molecular complexity index is 569. The van der Waals surface area contributed by atoms with Crippen LogP contribution >= 0.6 is 0 Å². The summed E-state index contributed by atoms with van der Waals surface area (Å²) in [6.07, 6.45) is 0. The lowest BCUT2D eigenvalue weighted by molar-refractivity contribution is 0.183. The molecule has 0 amide bonds. The average molecular weight is 301 g/mol. The van der Waals surface area contributed by atoms with Crippen molar-refractivity contribution in [3.8, 4) is 5.75 Å². The number of methoxy groups -OCH3 is 1. The molecule has 0 saturated carbocycles. The Labute approximate surface area is 131 Å². The molecular weight excluding hydrogens is 278 g/mol. The first-order chi connectivity index (χ1) is 10.8. The number of benzene rings is 2. The fraction of sp³-hybridized carbons (Fsp3) is 0.333. The molecule has 0 unspecified atom stereocenters. The van der Waals surface area contributed by atoms with Crippen molar-refractivity contribution >= 4 is 0 Å². The monoisotopic (exact) mass is 301 g/mol. The minimum absolute atomic E-state index is 0.0574. The molecule has 0 saturated heterocycles. The van der Waals surface area contributed by atoms with Crippen molar-refractivity contribution in [3.05, 3.63) is 65.2 Å². The Kier molecular flexibility index (Phi) is 6.40. The van der Waals surface area contributed by atoms with Crippen LogP contribution in [0.25, 0.3) is 0 Å². The van der Waals surface area contributed by atoms with E-state index in [2.05, 4.69) is 4.90 Å². The molecule has 0 bridgehead atoms. The second kappa shape index (κ2) is 8.54. The van der Waals surface area contributed by atoms with Gasteiger partial charge in [-0.15, -0.1) is 0 Å². The first kappa shape index (κ1) is 16.5. The molecule has 22 heavy (non-hydrogen) atoms. The van der Waals surface area contributed by atoms with Crippen LogP contribution in [0.15, 0.2) is 48.5 Å². The van der Waals surface area contributed by atoms with Crippen molar-refractivity contribution in [3.63, 3.8) is 0 Å². The zero-order valence-electron chi connectivity index (χ0n) is 12.9. The van der Waals surface area contributed by atoms with Crippen LogP contribution in [0.3, 0.4) is 0 Å². The second-order valence-corrected chi connectivity index (χ2v) is 5.22. The summed E-state index contributed by atoms with van der Waals surface area (Å²) >= 11 is 0. The van der Waals surface area contributed by atoms with Gasteiger partial charge in [-0.1, -0.05) is 42.5 Å². The van der Waals surface area contributed by atoms with Gasteiger partial charge in [0, 0.05) is 25.2 Å². The van der Waals surface area contributed by atoms with E-state index in [0.717, 1.165) is 29.0 Å². The van der Waals surface area contributed by atoms with Gasteiger partial charge in [-0.25, -0.2) is 0 Å². The van der Waals surface area contributed by atoms with E-state index in [-0.39, 0.29) is 13.2 Å². The van der Waals surface area contributed by atoms with Gasteiger partial charge in [0.25, 0.3) is 0 Å². The summed E-state index contributed by atoms with van der Waals surface area (Å²) < 4.78 is 5.39. The van der Waals surface area contributed by atoms with Crippen molar-refractivity contribution in [2.24, 2.45) is 0 Å². The topological polar surface area (TPSA) is 52.9 Å². The molecule has 0 aliphatic heterocycles. The van der Waals surface area contributed by atoms with E-state index in [1.54, 1.807) is 7.11 Å². The van der Waals surface area contributed by atoms with Crippen LogP contribution in [0.1, 0.15) is 16.7 Å². The van der Waals surface area contributed by atoms with Gasteiger partial charge < -0.3 is 14.9 Å². The summed E-state index contributed by atoms with van der Waals surface area (Å²) in [5, 5.41) is 18.4. The minimum Gasteiger partial charge on any atom is -0.496 e. The predicted octanol–water partition coefficient (Wildman–Crippen LogP) is 2.18. The molecule has 2 rings (SSSR count). The fourth-order valence-electron chi connectivity index (χ4n) is 2.44. The Morgan fingerprint density at radius 3 is 2.23 bits per heavy atom. The first-order valence-corrected chi connectivity index (χ1v) is 7.40. The Morgan fingerprint density at radius 2 is 1.59 bits per heavy atom. The third kappa shape index (κ3) is 4.56. The van der Waals surface area contributed by atoms with Gasteiger partial charge in [-0.2, -0.15) is 0 Å². The number of rotatable bonds is 8. The molecule has 0 aliphatic rings. The minimum atomic E-state index is 0.0574. The van der Waals surface area contributed by atoms with Crippen LogP contribution < -0.4 is 4.74 Å². The van der Waals surface area contributed by atoms with Crippen LogP contribution in [0.5, 0.6) is 5.75 Å². The molecular formula is C18H23NO3. The lowest BCUT2D eigenvalue weighted by Crippen LogP contribution is -2.26. The summed E-state index contributed by atoms with van der Waals surface area (Å²) in [7, 11) is 1.67. The van der Waals surface area contributed by atoms with Gasteiger partial charge in [0.15, 0.2) is 0 Å². The van der Waals surface area contributed by atoms with Crippen LogP contribution in [0.4, 0.5) is 0 Å². The molecule has 0 spiro atoms. The van der Waals surface area contributed by atoms with Crippen LogP contribution in [-0.4, -0.2) is 35.4 Å². The molecule has 0 atom stereocenters. The van der Waals surface area contributed by atoms with Gasteiger partial charge in [-0.3, -0.25) is 4.90 Å². The molecule has 118 valence electrons. The maximum atomic E-state index is 9.30. The molecule has 0 aromatic heterocycles. The first-order valence-electron chi connectivity index (χ1n) is 7.40. The number of aliphatic hydroxyl groups is 2. The van der Waals surface area contributed by atoms with E-state index < -0.39 is 0 Å². The van der Waals surface area contributed by atoms with Crippen molar-refractivity contribution in [2.75, 3.05) is 20.3 Å². The highest BCUT2D eigenvalue weighted by atomic mass is 16.5. The second-order valence-electron chi connectivity index (χ2n) is 5.22. The van der Waals surface area contributed by atoms with Gasteiger partial charge in [0.05, 0.1) is 20.3 Å². The quantitative estimate of drug-likeness (QED) is 0.785. The number of hydrogen-bond acceptors (Lipinski definition) is 4. The van der Waals surface area contributed by atoms with E-state index in [0.29, 0.717) is 13.1 Å². The highest BCUT2D eigenvalue weighted by Gasteiger charge is 2.10. The van der Waals surface area contributed by atoms with Gasteiger partial charge in [-0.05, 0) is 17.2 Å². The van der Waals surface area contributed by atoms with Gasteiger partial charge >= 0.3 is 0 Å². The summed E-state index contributed by atoms with van der Waals surface area (Å²) in [5.74, 6) is 0.862. The van der Waals surface area contributed by atoms with Gasteiger partial charge in [0.1, 0.15) is 5.75 Å². The highest BCUT2D eigenvalue weighted by Crippen LogP contribution is 2.20. The maximum Gasteiger partial charge on any atom is 0.123 e. The smallest absolute Gasteiger partial charge is 0.123 e. The normalized spacial score (nSPS) is 10.9. The molecule has 4 nitrogen and oxygen atoms in total. The zero-order chi connectivity index (χ0) is 15.8. The van der Waals surface area contributed by atoms with E-state index in [9.17, 15) is 5.11 Å². The SMILES string of the molecule is COc1ccccc1CN(CCO)Cc1ccc(CO)cc1. The standard InChI is InChI=1S/C18H23NO3/c1-22-18-5-3-2-4-17(18)13-19(10-11-20)12-15-6-8-16(14-21)9-7-15/h2-9,20-21H,10-14H2,1H3. The molecule has 0 fully saturated rings. The number of nitrogens with zero attached hydrogens (tertiary/aromatic N) is 1. The zero-order valence-corrected chi connectivity index (χ0v) is 12.9. The lowest BCUT2D eigenvalue weighted by Gasteiger charge is -2.22. The Morgan fingerprint density at radius 1 is 0.909 bits per heavy atom.